The summed E-state index contributed by atoms with van der Waals surface area (Å²) >= 11 is 0. The summed E-state index contributed by atoms with van der Waals surface area (Å²) in [6.07, 6.45) is -0.537. The van der Waals surface area contributed by atoms with Crippen LogP contribution in [0.2, 0.25) is 0 Å². The van der Waals surface area contributed by atoms with E-state index in [-0.39, 0.29) is 12.0 Å². The van der Waals surface area contributed by atoms with Crippen molar-refractivity contribution in [2.75, 3.05) is 7.11 Å². The highest BCUT2D eigenvalue weighted by Gasteiger charge is 2.18. The van der Waals surface area contributed by atoms with Crippen molar-refractivity contribution in [1.29, 1.82) is 0 Å². The molecule has 2 aromatic rings. The lowest BCUT2D eigenvalue weighted by molar-refractivity contribution is -0.127. The quantitative estimate of drug-likeness (QED) is 0.645. The number of rotatable bonds is 9. The van der Waals surface area contributed by atoms with Crippen LogP contribution in [0, 0.1) is 6.92 Å². The van der Waals surface area contributed by atoms with Crippen LogP contribution >= 0.6 is 0 Å². The minimum absolute atomic E-state index is 0.0600. The molecule has 0 saturated heterocycles. The Bertz CT molecular complexity index is 830. The maximum Gasteiger partial charge on any atom is 0.261 e. The van der Waals surface area contributed by atoms with Gasteiger partial charge in [-0.25, -0.2) is 0 Å². The van der Waals surface area contributed by atoms with Gasteiger partial charge in [-0.05, 0) is 68.5 Å². The molecule has 0 heterocycles. The van der Waals surface area contributed by atoms with Crippen molar-refractivity contribution in [2.45, 2.75) is 66.2 Å². The average molecular weight is 400 g/mol. The monoisotopic (exact) mass is 399 g/mol. The molecule has 2 rings (SSSR count). The highest BCUT2D eigenvalue weighted by atomic mass is 16.5. The van der Waals surface area contributed by atoms with Crippen molar-refractivity contribution < 1.29 is 19.0 Å². The molecule has 5 heteroatoms. The fraction of sp³-hybridized carbons (Fsp3) is 0.458. The summed E-state index contributed by atoms with van der Waals surface area (Å²) in [6, 6.07) is 11.8. The van der Waals surface area contributed by atoms with E-state index < -0.39 is 6.10 Å². The van der Waals surface area contributed by atoms with Crippen molar-refractivity contribution >= 4 is 5.91 Å². The lowest BCUT2D eigenvalue weighted by atomic mass is 10.0. The van der Waals surface area contributed by atoms with E-state index in [1.165, 1.54) is 0 Å². The molecular formula is C24H33NO4. The third-order valence-corrected chi connectivity index (χ3v) is 4.52. The zero-order chi connectivity index (χ0) is 21.6. The number of carbonyl (C=O) groups is 1. The van der Waals surface area contributed by atoms with Gasteiger partial charge in [0.1, 0.15) is 5.75 Å². The van der Waals surface area contributed by atoms with Gasteiger partial charge in [0.25, 0.3) is 5.91 Å². The van der Waals surface area contributed by atoms with Gasteiger partial charge in [-0.3, -0.25) is 4.79 Å². The van der Waals surface area contributed by atoms with E-state index in [1.54, 1.807) is 14.0 Å². The third kappa shape index (κ3) is 6.41. The zero-order valence-electron chi connectivity index (χ0n) is 18.5. The third-order valence-electron chi connectivity index (χ3n) is 4.52. The van der Waals surface area contributed by atoms with E-state index in [1.807, 2.05) is 45.0 Å². The molecule has 0 aliphatic rings. The molecule has 1 N–H and O–H groups in total. The fourth-order valence-electron chi connectivity index (χ4n) is 2.97. The number of hydrogen-bond donors (Lipinski definition) is 1. The first-order valence-corrected chi connectivity index (χ1v) is 10.1. The van der Waals surface area contributed by atoms with Crippen LogP contribution in [-0.2, 0) is 11.3 Å². The number of carbonyl (C=O) groups excluding carboxylic acids is 1. The molecule has 0 bridgehead atoms. The molecule has 2 aromatic carbocycles. The molecule has 1 amide bonds. The molecule has 158 valence electrons. The highest BCUT2D eigenvalue weighted by molar-refractivity contribution is 5.80. The van der Waals surface area contributed by atoms with E-state index >= 15 is 0 Å². The summed E-state index contributed by atoms with van der Waals surface area (Å²) in [7, 11) is 1.61. The maximum atomic E-state index is 12.6. The van der Waals surface area contributed by atoms with Gasteiger partial charge in [0.15, 0.2) is 17.6 Å². The van der Waals surface area contributed by atoms with Crippen molar-refractivity contribution in [3.63, 3.8) is 0 Å². The summed E-state index contributed by atoms with van der Waals surface area (Å²) in [5.41, 5.74) is 3.13. The van der Waals surface area contributed by atoms with Crippen molar-refractivity contribution in [2.24, 2.45) is 0 Å². The Hall–Kier alpha value is -2.69. The number of ether oxygens (including phenoxy) is 3. The van der Waals surface area contributed by atoms with Crippen molar-refractivity contribution in [1.82, 2.24) is 5.32 Å². The van der Waals surface area contributed by atoms with Gasteiger partial charge < -0.3 is 19.5 Å². The Labute approximate surface area is 174 Å². The number of hydrogen-bond acceptors (Lipinski definition) is 4. The second-order valence-electron chi connectivity index (χ2n) is 7.83. The van der Waals surface area contributed by atoms with E-state index in [9.17, 15) is 4.79 Å². The number of methoxy groups -OCH3 is 1. The first kappa shape index (κ1) is 22.6. The van der Waals surface area contributed by atoms with E-state index in [0.717, 1.165) is 22.4 Å². The van der Waals surface area contributed by atoms with Crippen molar-refractivity contribution in [3.8, 4) is 17.2 Å². The van der Waals surface area contributed by atoms with Crippen molar-refractivity contribution in [3.05, 3.63) is 53.1 Å². The molecule has 0 aromatic heterocycles. The number of benzene rings is 2. The number of amides is 1. The number of aryl methyl sites for hydroxylation is 1. The molecule has 0 spiro atoms. The molecule has 0 aliphatic carbocycles. The second-order valence-corrected chi connectivity index (χ2v) is 7.83. The Morgan fingerprint density at radius 3 is 2.28 bits per heavy atom. The molecule has 5 nitrogen and oxygen atoms in total. The Balaban J connectivity index is 2.01. The highest BCUT2D eigenvalue weighted by Crippen LogP contribution is 2.30. The standard InChI is InChI=1S/C24H33NO4/c1-15(2)20-10-8-17(5)12-22(20)29-18(6)24(26)25-14-19-9-11-21(28-16(3)4)23(13-19)27-7/h8-13,15-16,18H,14H2,1-7H3,(H,25,26)/t18-/m1/s1. The Kier molecular flexibility index (Phi) is 7.94. The predicted molar refractivity (Wildman–Crippen MR) is 116 cm³/mol. The van der Waals surface area contributed by atoms with Crippen LogP contribution in [0.4, 0.5) is 0 Å². The van der Waals surface area contributed by atoms with E-state index in [0.29, 0.717) is 24.0 Å². The average Bonchev–Trinajstić information content (AvgIpc) is 2.66. The molecule has 0 saturated carbocycles. The largest absolute Gasteiger partial charge is 0.493 e. The van der Waals surface area contributed by atoms with Gasteiger partial charge in [-0.1, -0.05) is 32.0 Å². The minimum atomic E-state index is -0.597. The van der Waals surface area contributed by atoms with Gasteiger partial charge in [0.05, 0.1) is 13.2 Å². The first-order valence-electron chi connectivity index (χ1n) is 10.1. The topological polar surface area (TPSA) is 56.8 Å². The summed E-state index contributed by atoms with van der Waals surface area (Å²) in [6.45, 7) is 12.3. The van der Waals surface area contributed by atoms with Crippen LogP contribution < -0.4 is 19.5 Å². The smallest absolute Gasteiger partial charge is 0.261 e. The van der Waals surface area contributed by atoms with Crippen LogP contribution in [-0.4, -0.2) is 25.2 Å². The maximum absolute atomic E-state index is 12.6. The number of nitrogens with one attached hydrogen (secondary N) is 1. The van der Waals surface area contributed by atoms with Gasteiger partial charge in [-0.15, -0.1) is 0 Å². The molecule has 1 atom stereocenters. The normalized spacial score (nSPS) is 12.0. The summed E-state index contributed by atoms with van der Waals surface area (Å²) < 4.78 is 17.1. The lowest BCUT2D eigenvalue weighted by Gasteiger charge is -2.19. The van der Waals surface area contributed by atoms with Crippen LogP contribution in [0.3, 0.4) is 0 Å². The van der Waals surface area contributed by atoms with Gasteiger partial charge in [0.2, 0.25) is 0 Å². The second kappa shape index (κ2) is 10.2. The Morgan fingerprint density at radius 2 is 1.66 bits per heavy atom. The molecule has 29 heavy (non-hydrogen) atoms. The molecule has 0 radical (unpaired) electrons. The molecular weight excluding hydrogens is 366 g/mol. The molecule has 0 fully saturated rings. The summed E-state index contributed by atoms with van der Waals surface area (Å²) in [5, 5.41) is 2.93. The van der Waals surface area contributed by atoms with Gasteiger partial charge in [-0.2, -0.15) is 0 Å². The lowest BCUT2D eigenvalue weighted by Crippen LogP contribution is -2.36. The van der Waals surface area contributed by atoms with E-state index in [2.05, 4.69) is 31.3 Å². The zero-order valence-corrected chi connectivity index (χ0v) is 18.5. The van der Waals surface area contributed by atoms with Crippen LogP contribution in [0.1, 0.15) is 57.2 Å². The van der Waals surface area contributed by atoms with E-state index in [4.69, 9.17) is 14.2 Å². The first-order chi connectivity index (χ1) is 13.7. The SMILES string of the molecule is COc1cc(CNC(=O)[C@@H](C)Oc2cc(C)ccc2C(C)C)ccc1OC(C)C. The molecule has 0 unspecified atom stereocenters. The Morgan fingerprint density at radius 1 is 0.931 bits per heavy atom. The fourth-order valence-corrected chi connectivity index (χ4v) is 2.97. The van der Waals surface area contributed by atoms with Crippen LogP contribution in [0.15, 0.2) is 36.4 Å². The van der Waals surface area contributed by atoms with Crippen LogP contribution in [0.5, 0.6) is 17.2 Å². The summed E-state index contributed by atoms with van der Waals surface area (Å²) in [4.78, 5) is 12.6. The minimum Gasteiger partial charge on any atom is -0.493 e. The van der Waals surface area contributed by atoms with Crippen LogP contribution in [0.25, 0.3) is 0 Å². The van der Waals surface area contributed by atoms with Gasteiger partial charge >= 0.3 is 0 Å². The molecule has 0 aliphatic heterocycles. The van der Waals surface area contributed by atoms with Gasteiger partial charge in [0, 0.05) is 6.54 Å². The summed E-state index contributed by atoms with van der Waals surface area (Å²) in [5.74, 6) is 2.26. The predicted octanol–water partition coefficient (Wildman–Crippen LogP) is 5.00.